The molecule has 0 saturated carbocycles. The summed E-state index contributed by atoms with van der Waals surface area (Å²) in [6.45, 7) is 1.82. The van der Waals surface area contributed by atoms with Gasteiger partial charge >= 0.3 is 0 Å². The molecule has 90 valence electrons. The molecule has 1 heterocycles. The zero-order valence-corrected chi connectivity index (χ0v) is 12.9. The van der Waals surface area contributed by atoms with Crippen molar-refractivity contribution in [2.24, 2.45) is 0 Å². The molecule has 0 aliphatic carbocycles. The van der Waals surface area contributed by atoms with E-state index in [1.54, 1.807) is 18.2 Å². The number of benzene rings is 1. The fourth-order valence-corrected chi connectivity index (χ4v) is 4.44. The van der Waals surface area contributed by atoms with Crippen LogP contribution < -0.4 is 0 Å². The highest BCUT2D eigenvalue weighted by Crippen LogP contribution is 2.38. The Kier molecular flexibility index (Phi) is 4.02. The van der Waals surface area contributed by atoms with Gasteiger partial charge in [-0.25, -0.2) is 4.39 Å². The van der Waals surface area contributed by atoms with Crippen LogP contribution >= 0.6 is 43.2 Å². The van der Waals surface area contributed by atoms with Crippen LogP contribution in [0, 0.1) is 12.7 Å². The predicted molar refractivity (Wildman–Crippen MR) is 74.9 cm³/mol. The number of hydrogen-bond donors (Lipinski definition) is 1. The predicted octanol–water partition coefficient (Wildman–Crippen LogP) is 4.80. The molecule has 1 atom stereocenters. The van der Waals surface area contributed by atoms with Gasteiger partial charge in [0.15, 0.2) is 0 Å². The van der Waals surface area contributed by atoms with Gasteiger partial charge in [-0.3, -0.25) is 0 Å². The zero-order valence-electron chi connectivity index (χ0n) is 8.88. The van der Waals surface area contributed by atoms with Crippen LogP contribution in [0.25, 0.3) is 0 Å². The summed E-state index contributed by atoms with van der Waals surface area (Å²) in [6, 6.07) is 6.62. The van der Waals surface area contributed by atoms with E-state index in [2.05, 4.69) is 31.9 Å². The third-order valence-electron chi connectivity index (χ3n) is 2.43. The molecule has 17 heavy (non-hydrogen) atoms. The monoisotopic (exact) mass is 378 g/mol. The van der Waals surface area contributed by atoms with Crippen LogP contribution in [0.3, 0.4) is 0 Å². The zero-order chi connectivity index (χ0) is 12.6. The molecule has 5 heteroatoms. The first-order chi connectivity index (χ1) is 7.99. The Bertz CT molecular complexity index is 553. The number of aryl methyl sites for hydroxylation is 1. The maximum atomic E-state index is 13.7. The average molecular weight is 380 g/mol. The van der Waals surface area contributed by atoms with E-state index in [-0.39, 0.29) is 5.82 Å². The Morgan fingerprint density at radius 3 is 2.47 bits per heavy atom. The number of hydrogen-bond acceptors (Lipinski definition) is 2. The maximum absolute atomic E-state index is 13.7. The third-order valence-corrected chi connectivity index (χ3v) is 4.81. The Labute approximate surface area is 120 Å². The number of thiophene rings is 1. The molecule has 0 aliphatic heterocycles. The van der Waals surface area contributed by atoms with E-state index in [4.69, 9.17) is 0 Å². The second-order valence-electron chi connectivity index (χ2n) is 3.71. The lowest BCUT2D eigenvalue weighted by Crippen LogP contribution is -2.02. The molecule has 0 bridgehead atoms. The average Bonchev–Trinajstić information content (AvgIpc) is 2.57. The second-order valence-corrected chi connectivity index (χ2v) is 7.46. The van der Waals surface area contributed by atoms with Crippen molar-refractivity contribution in [3.05, 3.63) is 54.3 Å². The first kappa shape index (κ1) is 13.2. The van der Waals surface area contributed by atoms with Crippen LogP contribution in [-0.4, -0.2) is 5.11 Å². The molecule has 1 N–H and O–H groups in total. The number of aliphatic hydroxyl groups excluding tert-OH is 1. The van der Waals surface area contributed by atoms with E-state index in [1.165, 1.54) is 17.4 Å². The minimum atomic E-state index is -0.951. The minimum Gasteiger partial charge on any atom is -0.383 e. The summed E-state index contributed by atoms with van der Waals surface area (Å²) < 4.78 is 15.4. The van der Waals surface area contributed by atoms with Crippen molar-refractivity contribution in [1.29, 1.82) is 0 Å². The molecule has 1 unspecified atom stereocenters. The van der Waals surface area contributed by atoms with Gasteiger partial charge in [0.2, 0.25) is 0 Å². The van der Waals surface area contributed by atoms with Crippen molar-refractivity contribution >= 4 is 43.2 Å². The van der Waals surface area contributed by atoms with Gasteiger partial charge in [0.1, 0.15) is 11.9 Å². The highest BCUT2D eigenvalue weighted by Gasteiger charge is 2.19. The summed E-state index contributed by atoms with van der Waals surface area (Å²) in [4.78, 5) is 0. The van der Waals surface area contributed by atoms with Crippen molar-refractivity contribution in [1.82, 2.24) is 0 Å². The van der Waals surface area contributed by atoms with E-state index in [9.17, 15) is 9.50 Å². The van der Waals surface area contributed by atoms with Crippen molar-refractivity contribution in [3.63, 3.8) is 0 Å². The molecule has 0 fully saturated rings. The summed E-state index contributed by atoms with van der Waals surface area (Å²) in [5, 5.41) is 10.2. The van der Waals surface area contributed by atoms with Crippen LogP contribution in [0.1, 0.15) is 22.8 Å². The molecule has 0 aliphatic rings. The maximum Gasteiger partial charge on any atom is 0.129 e. The van der Waals surface area contributed by atoms with Crippen LogP contribution in [0.5, 0.6) is 0 Å². The Hall–Kier alpha value is -0.230. The molecule has 0 amide bonds. The molecular weight excluding hydrogens is 371 g/mol. The van der Waals surface area contributed by atoms with Gasteiger partial charge in [0, 0.05) is 11.1 Å². The number of halogens is 3. The summed E-state index contributed by atoms with van der Waals surface area (Å²) in [7, 11) is 0. The van der Waals surface area contributed by atoms with Gasteiger partial charge < -0.3 is 5.11 Å². The van der Waals surface area contributed by atoms with Crippen molar-refractivity contribution in [2.75, 3.05) is 0 Å². The van der Waals surface area contributed by atoms with E-state index >= 15 is 0 Å². The van der Waals surface area contributed by atoms with Gasteiger partial charge in [-0.1, -0.05) is 12.1 Å². The molecule has 0 spiro atoms. The molecule has 0 radical (unpaired) electrons. The topological polar surface area (TPSA) is 20.2 Å². The fourth-order valence-electron chi connectivity index (χ4n) is 1.56. The molecule has 1 aromatic carbocycles. The van der Waals surface area contributed by atoms with Gasteiger partial charge in [-0.2, -0.15) is 0 Å². The quantitative estimate of drug-likeness (QED) is 0.794. The first-order valence-electron chi connectivity index (χ1n) is 4.88. The van der Waals surface area contributed by atoms with Crippen LogP contribution in [0.15, 0.2) is 31.8 Å². The first-order valence-corrected chi connectivity index (χ1v) is 7.28. The molecule has 2 rings (SSSR count). The summed E-state index contributed by atoms with van der Waals surface area (Å²) in [6.07, 6.45) is -0.951. The molecule has 1 nitrogen and oxygen atoms in total. The van der Waals surface area contributed by atoms with E-state index in [1.807, 2.05) is 6.92 Å². The number of aliphatic hydroxyl groups is 1. The van der Waals surface area contributed by atoms with Gasteiger partial charge in [0.05, 0.1) is 7.57 Å². The van der Waals surface area contributed by atoms with Gasteiger partial charge in [-0.15, -0.1) is 11.3 Å². The normalized spacial score (nSPS) is 12.8. The molecule has 1 aromatic heterocycles. The Morgan fingerprint density at radius 1 is 1.24 bits per heavy atom. The molecule has 0 saturated heterocycles. The van der Waals surface area contributed by atoms with E-state index in [0.29, 0.717) is 11.1 Å². The van der Waals surface area contributed by atoms with Crippen LogP contribution in [0.2, 0.25) is 0 Å². The van der Waals surface area contributed by atoms with Crippen molar-refractivity contribution in [2.45, 2.75) is 13.0 Å². The second kappa shape index (κ2) is 5.18. The Morgan fingerprint density at radius 2 is 1.94 bits per heavy atom. The standard InChI is InChI=1S/C12H9Br2FOS/c1-6-2-3-7(9(15)4-6)11(16)8-5-10(13)17-12(8)14/h2-5,11,16H,1H3. The van der Waals surface area contributed by atoms with Crippen molar-refractivity contribution < 1.29 is 9.50 Å². The lowest BCUT2D eigenvalue weighted by Gasteiger charge is -2.11. The largest absolute Gasteiger partial charge is 0.383 e. The lowest BCUT2D eigenvalue weighted by atomic mass is 10.0. The van der Waals surface area contributed by atoms with Gasteiger partial charge in [0.25, 0.3) is 0 Å². The SMILES string of the molecule is Cc1ccc(C(O)c2cc(Br)sc2Br)c(F)c1. The highest BCUT2D eigenvalue weighted by molar-refractivity contribution is 9.12. The summed E-state index contributed by atoms with van der Waals surface area (Å²) in [5.74, 6) is -0.383. The van der Waals surface area contributed by atoms with E-state index in [0.717, 1.165) is 13.1 Å². The summed E-state index contributed by atoms with van der Waals surface area (Å²) >= 11 is 8.15. The van der Waals surface area contributed by atoms with Crippen molar-refractivity contribution in [3.8, 4) is 0 Å². The lowest BCUT2D eigenvalue weighted by molar-refractivity contribution is 0.214. The van der Waals surface area contributed by atoms with Crippen LogP contribution in [-0.2, 0) is 0 Å². The Balaban J connectivity index is 2.43. The third kappa shape index (κ3) is 2.78. The smallest absolute Gasteiger partial charge is 0.129 e. The van der Waals surface area contributed by atoms with Gasteiger partial charge in [-0.05, 0) is 56.5 Å². The number of rotatable bonds is 2. The fraction of sp³-hybridized carbons (Fsp3) is 0.167. The van der Waals surface area contributed by atoms with E-state index < -0.39 is 6.10 Å². The summed E-state index contributed by atoms with van der Waals surface area (Å²) in [5.41, 5.74) is 1.80. The minimum absolute atomic E-state index is 0.293. The molecular formula is C12H9Br2FOS. The highest BCUT2D eigenvalue weighted by atomic mass is 79.9. The van der Waals surface area contributed by atoms with Crippen LogP contribution in [0.4, 0.5) is 4.39 Å². The molecule has 2 aromatic rings.